The second-order valence-corrected chi connectivity index (χ2v) is 1.64. The smallest absolute Gasteiger partial charge is 0.0672 e. The summed E-state index contributed by atoms with van der Waals surface area (Å²) in [7, 11) is 0. The molecular formula is C4H6N2. The lowest BCUT2D eigenvalue weighted by Crippen LogP contribution is -1.99. The molecule has 0 spiro atoms. The number of hydrogen-bond donors (Lipinski definition) is 1. The molecule has 1 rings (SSSR count). The van der Waals surface area contributed by atoms with Crippen molar-refractivity contribution in [3.8, 4) is 6.07 Å². The summed E-state index contributed by atoms with van der Waals surface area (Å²) in [6.45, 7) is 0. The summed E-state index contributed by atoms with van der Waals surface area (Å²) in [5.41, 5.74) is 5.25. The first-order chi connectivity index (χ1) is 2.84. The molecule has 2 atom stereocenters. The van der Waals surface area contributed by atoms with E-state index >= 15 is 0 Å². The standard InChI is InChI=1S/C4H6N2/c5-2-3-1-4(3)6/h3-4H,1,6H2/t3?,4-/m0/s1. The molecule has 0 aromatic carbocycles. The van der Waals surface area contributed by atoms with Crippen molar-refractivity contribution in [1.82, 2.24) is 0 Å². The highest BCUT2D eigenvalue weighted by Crippen LogP contribution is 2.25. The quantitative estimate of drug-likeness (QED) is 0.442. The Morgan fingerprint density at radius 1 is 1.83 bits per heavy atom. The summed E-state index contributed by atoms with van der Waals surface area (Å²) in [5, 5.41) is 8.05. The van der Waals surface area contributed by atoms with Gasteiger partial charge in [0.1, 0.15) is 0 Å². The Kier molecular flexibility index (Phi) is 0.578. The van der Waals surface area contributed by atoms with E-state index in [4.69, 9.17) is 11.0 Å². The molecule has 0 radical (unpaired) electrons. The minimum absolute atomic E-state index is 0.185. The highest BCUT2D eigenvalue weighted by atomic mass is 14.7. The van der Waals surface area contributed by atoms with Crippen molar-refractivity contribution in [2.45, 2.75) is 12.5 Å². The van der Waals surface area contributed by atoms with E-state index in [-0.39, 0.29) is 12.0 Å². The Morgan fingerprint density at radius 3 is 2.33 bits per heavy atom. The summed E-state index contributed by atoms with van der Waals surface area (Å²) in [4.78, 5) is 0. The monoisotopic (exact) mass is 82.1 g/mol. The minimum atomic E-state index is 0.185. The molecule has 0 amide bonds. The first-order valence-electron chi connectivity index (χ1n) is 2.00. The summed E-state index contributed by atoms with van der Waals surface area (Å²) in [6, 6.07) is 2.27. The fourth-order valence-electron chi connectivity index (χ4n) is 0.363. The maximum atomic E-state index is 8.05. The SMILES string of the molecule is N#CC1C[C@@H]1N. The van der Waals surface area contributed by atoms with Gasteiger partial charge in [-0.15, -0.1) is 0 Å². The molecule has 2 nitrogen and oxygen atoms in total. The molecular weight excluding hydrogens is 76.1 g/mol. The third-order valence-electron chi connectivity index (χ3n) is 1.01. The van der Waals surface area contributed by atoms with Crippen LogP contribution in [0, 0.1) is 17.2 Å². The number of hydrogen-bond acceptors (Lipinski definition) is 2. The molecule has 0 bridgehead atoms. The van der Waals surface area contributed by atoms with Gasteiger partial charge in [0.05, 0.1) is 12.0 Å². The van der Waals surface area contributed by atoms with E-state index < -0.39 is 0 Å². The lowest BCUT2D eigenvalue weighted by molar-refractivity contribution is 0.985. The number of nitrogens with zero attached hydrogens (tertiary/aromatic N) is 1. The number of rotatable bonds is 0. The third-order valence-corrected chi connectivity index (χ3v) is 1.01. The molecule has 1 saturated carbocycles. The average Bonchev–Trinajstić information content (AvgIpc) is 2.19. The summed E-state index contributed by atoms with van der Waals surface area (Å²) < 4.78 is 0. The predicted molar refractivity (Wildman–Crippen MR) is 21.7 cm³/mol. The Balaban J connectivity index is 2.31. The van der Waals surface area contributed by atoms with E-state index in [1.54, 1.807) is 0 Å². The maximum Gasteiger partial charge on any atom is 0.0672 e. The predicted octanol–water partition coefficient (Wildman–Crippen LogP) is -0.143. The Morgan fingerprint density at radius 2 is 2.33 bits per heavy atom. The molecule has 0 aliphatic heterocycles. The van der Waals surface area contributed by atoms with E-state index in [9.17, 15) is 0 Å². The van der Waals surface area contributed by atoms with Crippen molar-refractivity contribution < 1.29 is 0 Å². The van der Waals surface area contributed by atoms with Gasteiger partial charge in [0.15, 0.2) is 0 Å². The van der Waals surface area contributed by atoms with Crippen molar-refractivity contribution in [3.05, 3.63) is 0 Å². The Labute approximate surface area is 36.6 Å². The van der Waals surface area contributed by atoms with Crippen LogP contribution < -0.4 is 5.73 Å². The lowest BCUT2D eigenvalue weighted by Gasteiger charge is -1.67. The molecule has 2 N–H and O–H groups in total. The zero-order chi connectivity index (χ0) is 4.57. The van der Waals surface area contributed by atoms with Gasteiger partial charge in [0.2, 0.25) is 0 Å². The van der Waals surface area contributed by atoms with Crippen LogP contribution in [-0.2, 0) is 0 Å². The van der Waals surface area contributed by atoms with Gasteiger partial charge in [-0.05, 0) is 6.42 Å². The summed E-state index contributed by atoms with van der Waals surface area (Å²) in [5.74, 6) is 0.185. The van der Waals surface area contributed by atoms with Gasteiger partial charge in [-0.2, -0.15) is 5.26 Å². The van der Waals surface area contributed by atoms with Crippen molar-refractivity contribution in [1.29, 1.82) is 5.26 Å². The molecule has 1 aliphatic rings. The van der Waals surface area contributed by atoms with E-state index in [0.717, 1.165) is 6.42 Å². The summed E-state index contributed by atoms with van der Waals surface area (Å²) >= 11 is 0. The zero-order valence-corrected chi connectivity index (χ0v) is 3.39. The zero-order valence-electron chi connectivity index (χ0n) is 3.39. The molecule has 1 fully saturated rings. The second-order valence-electron chi connectivity index (χ2n) is 1.64. The molecule has 6 heavy (non-hydrogen) atoms. The highest BCUT2D eigenvalue weighted by Gasteiger charge is 2.32. The molecule has 0 saturated heterocycles. The van der Waals surface area contributed by atoms with Crippen LogP contribution in [-0.4, -0.2) is 6.04 Å². The summed E-state index contributed by atoms with van der Waals surface area (Å²) in [6.07, 6.45) is 0.913. The largest absolute Gasteiger partial charge is 0.326 e. The number of nitrogens with two attached hydrogens (primary N) is 1. The van der Waals surface area contributed by atoms with Crippen LogP contribution in [0.1, 0.15) is 6.42 Å². The fourth-order valence-corrected chi connectivity index (χ4v) is 0.363. The van der Waals surface area contributed by atoms with Crippen LogP contribution in [0.5, 0.6) is 0 Å². The van der Waals surface area contributed by atoms with Gasteiger partial charge in [-0.25, -0.2) is 0 Å². The van der Waals surface area contributed by atoms with Crippen molar-refractivity contribution >= 4 is 0 Å². The van der Waals surface area contributed by atoms with Crippen LogP contribution in [0.3, 0.4) is 0 Å². The third kappa shape index (κ3) is 0.373. The lowest BCUT2D eigenvalue weighted by atomic mass is 10.5. The van der Waals surface area contributed by atoms with E-state index in [1.807, 2.05) is 0 Å². The van der Waals surface area contributed by atoms with Crippen molar-refractivity contribution in [3.63, 3.8) is 0 Å². The van der Waals surface area contributed by atoms with Crippen molar-refractivity contribution in [2.24, 2.45) is 11.7 Å². The second kappa shape index (κ2) is 0.954. The van der Waals surface area contributed by atoms with E-state index in [2.05, 4.69) is 6.07 Å². The first kappa shape index (κ1) is 3.63. The van der Waals surface area contributed by atoms with Crippen LogP contribution in [0.2, 0.25) is 0 Å². The van der Waals surface area contributed by atoms with Gasteiger partial charge < -0.3 is 5.73 Å². The molecule has 0 aromatic rings. The molecule has 0 heterocycles. The van der Waals surface area contributed by atoms with Gasteiger partial charge in [-0.3, -0.25) is 0 Å². The van der Waals surface area contributed by atoms with Gasteiger partial charge in [0, 0.05) is 6.04 Å². The molecule has 2 heteroatoms. The van der Waals surface area contributed by atoms with E-state index in [0.29, 0.717) is 0 Å². The minimum Gasteiger partial charge on any atom is -0.326 e. The Hall–Kier alpha value is -0.550. The topological polar surface area (TPSA) is 49.8 Å². The fraction of sp³-hybridized carbons (Fsp3) is 0.750. The van der Waals surface area contributed by atoms with E-state index in [1.165, 1.54) is 0 Å². The first-order valence-corrected chi connectivity index (χ1v) is 2.00. The van der Waals surface area contributed by atoms with Gasteiger partial charge >= 0.3 is 0 Å². The maximum absolute atomic E-state index is 8.05. The van der Waals surface area contributed by atoms with Crippen LogP contribution in [0.25, 0.3) is 0 Å². The van der Waals surface area contributed by atoms with Gasteiger partial charge in [0.25, 0.3) is 0 Å². The van der Waals surface area contributed by atoms with Gasteiger partial charge in [-0.1, -0.05) is 0 Å². The molecule has 1 unspecified atom stereocenters. The van der Waals surface area contributed by atoms with Crippen LogP contribution in [0.15, 0.2) is 0 Å². The highest BCUT2D eigenvalue weighted by molar-refractivity contribution is 5.04. The molecule has 0 aromatic heterocycles. The number of nitriles is 1. The average molecular weight is 82.1 g/mol. The molecule has 1 aliphatic carbocycles. The Bertz CT molecular complexity index is 92.2. The van der Waals surface area contributed by atoms with Crippen LogP contribution in [0.4, 0.5) is 0 Å². The molecule has 32 valence electrons. The van der Waals surface area contributed by atoms with Crippen molar-refractivity contribution in [2.75, 3.05) is 0 Å². The normalized spacial score (nSPS) is 41.3. The van der Waals surface area contributed by atoms with Crippen LogP contribution >= 0.6 is 0 Å².